The molecule has 0 aliphatic carbocycles. The van der Waals surface area contributed by atoms with Gasteiger partial charge in [-0.25, -0.2) is 4.98 Å². The predicted molar refractivity (Wildman–Crippen MR) is 78.0 cm³/mol. The van der Waals surface area contributed by atoms with Crippen LogP contribution in [-0.2, 0) is 6.42 Å². The first-order chi connectivity index (χ1) is 8.71. The van der Waals surface area contributed by atoms with Gasteiger partial charge in [0.1, 0.15) is 0 Å². The fourth-order valence-corrected chi connectivity index (χ4v) is 2.13. The molecule has 94 valence electrons. The van der Waals surface area contributed by atoms with Gasteiger partial charge >= 0.3 is 0 Å². The number of aryl methyl sites for hydroxylation is 1. The third-order valence-corrected chi connectivity index (χ3v) is 3.02. The summed E-state index contributed by atoms with van der Waals surface area (Å²) in [6.45, 7) is 4.11. The number of nitrogens with one attached hydrogen (secondary N) is 1. The lowest BCUT2D eigenvalue weighted by atomic mass is 10.0. The van der Waals surface area contributed by atoms with E-state index in [1.54, 1.807) is 7.05 Å². The van der Waals surface area contributed by atoms with Crippen molar-refractivity contribution in [1.29, 1.82) is 0 Å². The van der Waals surface area contributed by atoms with Crippen molar-refractivity contribution in [2.24, 2.45) is 4.99 Å². The van der Waals surface area contributed by atoms with Crippen molar-refractivity contribution in [2.45, 2.75) is 20.3 Å². The number of hydrogen-bond donors (Lipinski definition) is 2. The highest BCUT2D eigenvalue weighted by atomic mass is 15.0. The van der Waals surface area contributed by atoms with E-state index in [-0.39, 0.29) is 0 Å². The molecule has 0 aliphatic heterocycles. The number of rotatable bonds is 3. The second-order valence-corrected chi connectivity index (χ2v) is 4.10. The molecule has 2 aromatic rings. The third kappa shape index (κ3) is 2.01. The van der Waals surface area contributed by atoms with Crippen LogP contribution in [0.25, 0.3) is 16.6 Å². The second kappa shape index (κ2) is 5.04. The summed E-state index contributed by atoms with van der Waals surface area (Å²) >= 11 is 0. The van der Waals surface area contributed by atoms with Crippen molar-refractivity contribution >= 4 is 28.8 Å². The number of nitrogens with zero attached hydrogens (tertiary/aromatic N) is 2. The number of aromatic nitrogens is 2. The molecule has 3 N–H and O–H groups in total. The standard InChI is InChI=1S/C14H18N4/c1-4-9-6-7-11(10(5-2)8-16-3)13-12(9)17-14(15)18-13/h5-8H,4H2,1-3H3,(H3,15,17,18)/b10-5+,16-8-. The number of hydrogen-bond acceptors (Lipinski definition) is 3. The maximum atomic E-state index is 5.78. The highest BCUT2D eigenvalue weighted by Crippen LogP contribution is 2.26. The number of fused-ring (bicyclic) bond motifs is 1. The molecule has 0 aliphatic rings. The van der Waals surface area contributed by atoms with Crippen LogP contribution in [0.1, 0.15) is 25.0 Å². The molecule has 2 rings (SSSR count). The lowest BCUT2D eigenvalue weighted by Crippen LogP contribution is -1.91. The molecule has 1 aromatic carbocycles. The van der Waals surface area contributed by atoms with Crippen molar-refractivity contribution in [3.05, 3.63) is 29.3 Å². The number of imidazole rings is 1. The fraction of sp³-hybridized carbons (Fsp3) is 0.286. The molecule has 0 amide bonds. The minimum absolute atomic E-state index is 0.455. The summed E-state index contributed by atoms with van der Waals surface area (Å²) < 4.78 is 0. The van der Waals surface area contributed by atoms with Crippen LogP contribution < -0.4 is 5.73 Å². The largest absolute Gasteiger partial charge is 0.369 e. The van der Waals surface area contributed by atoms with E-state index >= 15 is 0 Å². The van der Waals surface area contributed by atoms with Crippen LogP contribution in [-0.4, -0.2) is 23.2 Å². The van der Waals surface area contributed by atoms with E-state index in [1.165, 1.54) is 5.56 Å². The Morgan fingerprint density at radius 2 is 2.28 bits per heavy atom. The zero-order valence-corrected chi connectivity index (χ0v) is 11.0. The normalized spacial score (nSPS) is 12.7. The molecule has 1 aromatic heterocycles. The lowest BCUT2D eigenvalue weighted by Gasteiger charge is -2.05. The average Bonchev–Trinajstić information content (AvgIpc) is 2.76. The Morgan fingerprint density at radius 1 is 1.50 bits per heavy atom. The third-order valence-electron chi connectivity index (χ3n) is 3.02. The Hall–Kier alpha value is -2.10. The van der Waals surface area contributed by atoms with Gasteiger partial charge in [0.05, 0.1) is 11.0 Å². The Bertz CT molecular complexity index is 620. The molecule has 0 bridgehead atoms. The maximum absolute atomic E-state index is 5.78. The maximum Gasteiger partial charge on any atom is 0.198 e. The topological polar surface area (TPSA) is 67.1 Å². The first kappa shape index (κ1) is 12.4. The van der Waals surface area contributed by atoms with Crippen LogP contribution in [0, 0.1) is 0 Å². The molecular formula is C14H18N4. The van der Waals surface area contributed by atoms with Gasteiger partial charge in [0.15, 0.2) is 5.95 Å². The van der Waals surface area contributed by atoms with Gasteiger partial charge < -0.3 is 10.7 Å². The van der Waals surface area contributed by atoms with E-state index < -0.39 is 0 Å². The van der Waals surface area contributed by atoms with Crippen molar-refractivity contribution in [2.75, 3.05) is 12.8 Å². The highest BCUT2D eigenvalue weighted by molar-refractivity contribution is 6.14. The molecule has 1 heterocycles. The summed E-state index contributed by atoms with van der Waals surface area (Å²) in [5.74, 6) is 0.455. The summed E-state index contributed by atoms with van der Waals surface area (Å²) in [4.78, 5) is 11.6. The molecule has 0 radical (unpaired) electrons. The number of nitrogen functional groups attached to an aromatic ring is 1. The van der Waals surface area contributed by atoms with Gasteiger partial charge in [0.25, 0.3) is 0 Å². The zero-order chi connectivity index (χ0) is 13.1. The average molecular weight is 242 g/mol. The van der Waals surface area contributed by atoms with Crippen molar-refractivity contribution in [3.63, 3.8) is 0 Å². The van der Waals surface area contributed by atoms with Crippen molar-refractivity contribution < 1.29 is 0 Å². The van der Waals surface area contributed by atoms with E-state index in [9.17, 15) is 0 Å². The van der Waals surface area contributed by atoms with Gasteiger partial charge in [-0.1, -0.05) is 25.1 Å². The van der Waals surface area contributed by atoms with Crippen molar-refractivity contribution in [1.82, 2.24) is 9.97 Å². The Balaban J connectivity index is 2.73. The number of benzene rings is 1. The predicted octanol–water partition coefficient (Wildman–Crippen LogP) is 2.81. The molecule has 4 heteroatoms. The second-order valence-electron chi connectivity index (χ2n) is 4.10. The molecule has 0 unspecified atom stereocenters. The first-order valence-electron chi connectivity index (χ1n) is 6.07. The Morgan fingerprint density at radius 3 is 2.89 bits per heavy atom. The SMILES string of the molecule is C/C=C(\C=N/C)c1ccc(CC)c2[nH]c(N)nc12. The van der Waals surface area contributed by atoms with Crippen LogP contribution in [0.4, 0.5) is 5.95 Å². The van der Waals surface area contributed by atoms with Crippen LogP contribution >= 0.6 is 0 Å². The van der Waals surface area contributed by atoms with Gasteiger partial charge in [0.2, 0.25) is 0 Å². The summed E-state index contributed by atoms with van der Waals surface area (Å²) in [7, 11) is 1.76. The summed E-state index contributed by atoms with van der Waals surface area (Å²) in [5, 5.41) is 0. The quantitative estimate of drug-likeness (QED) is 0.813. The van der Waals surface area contributed by atoms with E-state index in [1.807, 2.05) is 19.2 Å². The van der Waals surface area contributed by atoms with Gasteiger partial charge in [-0.3, -0.25) is 4.99 Å². The first-order valence-corrected chi connectivity index (χ1v) is 6.07. The lowest BCUT2D eigenvalue weighted by molar-refractivity contribution is 1.15. The monoisotopic (exact) mass is 242 g/mol. The molecule has 4 nitrogen and oxygen atoms in total. The highest BCUT2D eigenvalue weighted by Gasteiger charge is 2.11. The van der Waals surface area contributed by atoms with Gasteiger partial charge in [-0.15, -0.1) is 0 Å². The number of H-pyrrole nitrogens is 1. The van der Waals surface area contributed by atoms with Gasteiger partial charge in [0, 0.05) is 18.8 Å². The summed E-state index contributed by atoms with van der Waals surface area (Å²) in [6.07, 6.45) is 4.81. The van der Waals surface area contributed by atoms with E-state index in [2.05, 4.69) is 34.0 Å². The van der Waals surface area contributed by atoms with Crippen molar-refractivity contribution in [3.8, 4) is 0 Å². The smallest absolute Gasteiger partial charge is 0.198 e. The van der Waals surface area contributed by atoms with Crippen LogP contribution in [0.5, 0.6) is 0 Å². The molecule has 18 heavy (non-hydrogen) atoms. The summed E-state index contributed by atoms with van der Waals surface area (Å²) in [5.41, 5.74) is 11.1. The summed E-state index contributed by atoms with van der Waals surface area (Å²) in [6, 6.07) is 4.20. The van der Waals surface area contributed by atoms with Gasteiger partial charge in [-0.2, -0.15) is 0 Å². The molecule has 0 atom stereocenters. The molecule has 0 spiro atoms. The number of aromatic amines is 1. The number of anilines is 1. The van der Waals surface area contributed by atoms with Crippen LogP contribution in [0.3, 0.4) is 0 Å². The van der Waals surface area contributed by atoms with E-state index in [0.717, 1.165) is 28.6 Å². The number of nitrogens with two attached hydrogens (primary N) is 1. The zero-order valence-electron chi connectivity index (χ0n) is 11.0. The number of allylic oxidation sites excluding steroid dienone is 2. The molecule has 0 fully saturated rings. The van der Waals surface area contributed by atoms with Gasteiger partial charge in [-0.05, 0) is 24.5 Å². The van der Waals surface area contributed by atoms with E-state index in [4.69, 9.17) is 5.73 Å². The Kier molecular flexibility index (Phi) is 3.46. The molecule has 0 saturated heterocycles. The number of aliphatic imine (C=N–C) groups is 1. The van der Waals surface area contributed by atoms with E-state index in [0.29, 0.717) is 5.95 Å². The molecular weight excluding hydrogens is 224 g/mol. The van der Waals surface area contributed by atoms with Crippen LogP contribution in [0.15, 0.2) is 23.2 Å². The Labute approximate surface area is 107 Å². The minimum atomic E-state index is 0.455. The van der Waals surface area contributed by atoms with Crippen LogP contribution in [0.2, 0.25) is 0 Å². The molecule has 0 saturated carbocycles. The minimum Gasteiger partial charge on any atom is -0.369 e. The fourth-order valence-electron chi connectivity index (χ4n) is 2.13.